The van der Waals surface area contributed by atoms with Crippen molar-refractivity contribution in [3.8, 4) is 10.4 Å². The van der Waals surface area contributed by atoms with Crippen LogP contribution in [-0.4, -0.2) is 14.3 Å². The lowest BCUT2D eigenvalue weighted by molar-refractivity contribution is -0.111. The topological polar surface area (TPSA) is 89.3 Å². The molecule has 0 aliphatic carbocycles. The van der Waals surface area contributed by atoms with Gasteiger partial charge in [0.1, 0.15) is 5.82 Å². The van der Waals surface area contributed by atoms with Gasteiger partial charge < -0.3 is 5.32 Å². The second-order valence-electron chi connectivity index (χ2n) is 6.06. The fourth-order valence-electron chi connectivity index (χ4n) is 2.54. The molecule has 28 heavy (non-hydrogen) atoms. The third-order valence-electron chi connectivity index (χ3n) is 3.92. The number of nitrogens with one attached hydrogen (secondary N) is 1. The van der Waals surface area contributed by atoms with Crippen LogP contribution in [0, 0.1) is 12.7 Å². The lowest BCUT2D eigenvalue weighted by Crippen LogP contribution is -2.15. The van der Waals surface area contributed by atoms with Crippen LogP contribution in [-0.2, 0) is 14.8 Å². The number of nitrogens with two attached hydrogens (primary N) is 1. The Morgan fingerprint density at radius 3 is 2.50 bits per heavy atom. The summed E-state index contributed by atoms with van der Waals surface area (Å²) in [7, 11) is -3.86. The zero-order valence-electron chi connectivity index (χ0n) is 14.8. The number of aryl methyl sites for hydroxylation is 1. The molecule has 0 saturated heterocycles. The molecule has 144 valence electrons. The number of carbonyl (C=O) groups excluding carboxylic acids is 1. The van der Waals surface area contributed by atoms with Crippen LogP contribution >= 0.6 is 11.3 Å². The smallest absolute Gasteiger partial charge is 0.248 e. The molecule has 3 N–H and O–H groups in total. The van der Waals surface area contributed by atoms with Gasteiger partial charge in [0.15, 0.2) is 0 Å². The van der Waals surface area contributed by atoms with E-state index in [1.165, 1.54) is 35.6 Å². The maximum atomic E-state index is 13.0. The molecule has 3 aromatic rings. The molecule has 0 spiro atoms. The average Bonchev–Trinajstić information content (AvgIpc) is 3.10. The van der Waals surface area contributed by atoms with Gasteiger partial charge in [-0.15, -0.1) is 11.3 Å². The van der Waals surface area contributed by atoms with Gasteiger partial charge in [0.25, 0.3) is 0 Å². The van der Waals surface area contributed by atoms with E-state index in [-0.39, 0.29) is 10.7 Å². The van der Waals surface area contributed by atoms with Crippen molar-refractivity contribution in [3.05, 3.63) is 76.9 Å². The summed E-state index contributed by atoms with van der Waals surface area (Å²) in [5.74, 6) is -0.695. The molecular weight excluding hydrogens is 399 g/mol. The van der Waals surface area contributed by atoms with Gasteiger partial charge in [-0.05, 0) is 60.5 Å². The quantitative estimate of drug-likeness (QED) is 0.612. The number of sulfonamides is 1. The Morgan fingerprint density at radius 1 is 1.11 bits per heavy atom. The highest BCUT2D eigenvalue weighted by molar-refractivity contribution is 7.89. The van der Waals surface area contributed by atoms with Crippen LogP contribution in [0.5, 0.6) is 0 Å². The minimum absolute atomic E-state index is 0.0310. The zero-order chi connectivity index (χ0) is 20.3. The van der Waals surface area contributed by atoms with E-state index >= 15 is 0 Å². The molecule has 0 fully saturated rings. The molecule has 1 amide bonds. The molecule has 1 heterocycles. The van der Waals surface area contributed by atoms with Crippen molar-refractivity contribution in [1.82, 2.24) is 0 Å². The number of hydrogen-bond acceptors (Lipinski definition) is 4. The van der Waals surface area contributed by atoms with Crippen molar-refractivity contribution in [2.24, 2.45) is 5.14 Å². The summed E-state index contributed by atoms with van der Waals surface area (Å²) in [6, 6.07) is 14.5. The number of rotatable bonds is 5. The van der Waals surface area contributed by atoms with Crippen molar-refractivity contribution in [2.45, 2.75) is 11.8 Å². The fraction of sp³-hybridized carbons (Fsp3) is 0.0500. The Kier molecular flexibility index (Phi) is 5.73. The van der Waals surface area contributed by atoms with Crippen LogP contribution in [0.2, 0.25) is 0 Å². The molecule has 0 unspecified atom stereocenters. The molecule has 0 atom stereocenters. The number of primary sulfonamides is 1. The highest BCUT2D eigenvalue weighted by atomic mass is 32.2. The summed E-state index contributed by atoms with van der Waals surface area (Å²) < 4.78 is 36.2. The van der Waals surface area contributed by atoms with Crippen LogP contribution in [0.3, 0.4) is 0 Å². The normalized spacial score (nSPS) is 11.7. The standard InChI is InChI=1S/C20H17FN2O3S2/c1-13-2-7-16(12-19(13)28(22,25)26)23-20(24)11-9-17-8-10-18(27-17)14-3-5-15(21)6-4-14/h2-12H,1H3,(H,23,24)(H2,22,25,26)/b11-9+. The van der Waals surface area contributed by atoms with E-state index in [0.717, 1.165) is 15.3 Å². The van der Waals surface area contributed by atoms with Gasteiger partial charge in [-0.3, -0.25) is 4.79 Å². The van der Waals surface area contributed by atoms with E-state index in [0.29, 0.717) is 11.3 Å². The highest BCUT2D eigenvalue weighted by Gasteiger charge is 2.12. The molecule has 5 nitrogen and oxygen atoms in total. The SMILES string of the molecule is Cc1ccc(NC(=O)/C=C/c2ccc(-c3ccc(F)cc3)s2)cc1S(N)(=O)=O. The number of carbonyl (C=O) groups is 1. The van der Waals surface area contributed by atoms with Crippen molar-refractivity contribution < 1.29 is 17.6 Å². The minimum atomic E-state index is -3.86. The van der Waals surface area contributed by atoms with E-state index < -0.39 is 15.9 Å². The Hall–Kier alpha value is -2.81. The van der Waals surface area contributed by atoms with Crippen LogP contribution < -0.4 is 10.5 Å². The predicted octanol–water partition coefficient (Wildman–Crippen LogP) is 4.16. The third kappa shape index (κ3) is 4.92. The van der Waals surface area contributed by atoms with Crippen LogP contribution in [0.4, 0.5) is 10.1 Å². The monoisotopic (exact) mass is 416 g/mol. The Balaban J connectivity index is 1.70. The first-order valence-electron chi connectivity index (χ1n) is 8.21. The van der Waals surface area contributed by atoms with Gasteiger partial charge in [0.2, 0.25) is 15.9 Å². The average molecular weight is 416 g/mol. The van der Waals surface area contributed by atoms with E-state index in [4.69, 9.17) is 5.14 Å². The number of benzene rings is 2. The van der Waals surface area contributed by atoms with Crippen LogP contribution in [0.1, 0.15) is 10.4 Å². The Labute approximate surface area is 166 Å². The molecule has 0 bridgehead atoms. The number of amides is 1. The molecule has 2 aromatic carbocycles. The van der Waals surface area contributed by atoms with Crippen molar-refractivity contribution >= 4 is 39.0 Å². The van der Waals surface area contributed by atoms with Gasteiger partial charge >= 0.3 is 0 Å². The van der Waals surface area contributed by atoms with Gasteiger partial charge in [-0.1, -0.05) is 18.2 Å². The van der Waals surface area contributed by atoms with E-state index in [9.17, 15) is 17.6 Å². The molecule has 0 aliphatic rings. The maximum absolute atomic E-state index is 13.0. The third-order valence-corrected chi connectivity index (χ3v) is 6.07. The minimum Gasteiger partial charge on any atom is -0.322 e. The summed E-state index contributed by atoms with van der Waals surface area (Å²) in [6.45, 7) is 1.63. The molecular formula is C20H17FN2O3S2. The number of anilines is 1. The van der Waals surface area contributed by atoms with E-state index in [1.54, 1.807) is 37.3 Å². The molecule has 0 radical (unpaired) electrons. The van der Waals surface area contributed by atoms with Gasteiger partial charge in [0.05, 0.1) is 4.90 Å². The lowest BCUT2D eigenvalue weighted by atomic mass is 10.2. The summed E-state index contributed by atoms with van der Waals surface area (Å²) in [5.41, 5.74) is 1.73. The van der Waals surface area contributed by atoms with E-state index in [1.807, 2.05) is 12.1 Å². The van der Waals surface area contributed by atoms with Crippen LogP contribution in [0.25, 0.3) is 16.5 Å². The first-order valence-corrected chi connectivity index (χ1v) is 10.6. The second kappa shape index (κ2) is 8.05. The molecule has 0 aliphatic heterocycles. The van der Waals surface area contributed by atoms with Gasteiger partial charge in [-0.2, -0.15) is 0 Å². The zero-order valence-corrected chi connectivity index (χ0v) is 16.5. The molecule has 1 aromatic heterocycles. The van der Waals surface area contributed by atoms with Gasteiger partial charge in [0, 0.05) is 21.5 Å². The lowest BCUT2D eigenvalue weighted by Gasteiger charge is -2.07. The van der Waals surface area contributed by atoms with Crippen molar-refractivity contribution in [2.75, 3.05) is 5.32 Å². The number of halogens is 1. The largest absolute Gasteiger partial charge is 0.322 e. The fourth-order valence-corrected chi connectivity index (χ4v) is 4.26. The van der Waals surface area contributed by atoms with Gasteiger partial charge in [-0.25, -0.2) is 17.9 Å². The second-order valence-corrected chi connectivity index (χ2v) is 8.70. The first kappa shape index (κ1) is 19.9. The Morgan fingerprint density at radius 2 is 1.82 bits per heavy atom. The summed E-state index contributed by atoms with van der Waals surface area (Å²) in [6.07, 6.45) is 3.01. The molecule has 0 saturated carbocycles. The number of hydrogen-bond donors (Lipinski definition) is 2. The van der Waals surface area contributed by atoms with Crippen LogP contribution in [0.15, 0.2) is 65.6 Å². The molecule has 8 heteroatoms. The van der Waals surface area contributed by atoms with Crippen molar-refractivity contribution in [3.63, 3.8) is 0 Å². The predicted molar refractivity (Wildman–Crippen MR) is 110 cm³/mol. The molecule has 3 rings (SSSR count). The Bertz CT molecular complexity index is 1150. The summed E-state index contributed by atoms with van der Waals surface area (Å²) >= 11 is 1.46. The van der Waals surface area contributed by atoms with Crippen molar-refractivity contribution in [1.29, 1.82) is 0 Å². The number of thiophene rings is 1. The maximum Gasteiger partial charge on any atom is 0.248 e. The summed E-state index contributed by atoms with van der Waals surface area (Å²) in [4.78, 5) is 13.9. The first-order chi connectivity index (χ1) is 13.2. The van der Waals surface area contributed by atoms with E-state index in [2.05, 4.69) is 5.32 Å². The highest BCUT2D eigenvalue weighted by Crippen LogP contribution is 2.29. The summed E-state index contributed by atoms with van der Waals surface area (Å²) in [5, 5.41) is 7.79.